The zero-order valence-electron chi connectivity index (χ0n) is 3.43. The molecule has 0 N–H and O–H groups in total. The second-order valence-electron chi connectivity index (χ2n) is 0.794. The van der Waals surface area contributed by atoms with Crippen molar-refractivity contribution >= 4 is 0 Å². The van der Waals surface area contributed by atoms with Gasteiger partial charge in [-0.05, 0) is 0 Å². The molecule has 0 aliphatic carbocycles. The maximum absolute atomic E-state index is 3.56. The topological polar surface area (TPSA) is 38.7 Å². The molecule has 0 bridgehead atoms. The van der Waals surface area contributed by atoms with Crippen LogP contribution in [-0.2, 0) is 0 Å². The third-order valence-corrected chi connectivity index (χ3v) is 0.400. The van der Waals surface area contributed by atoms with Crippen LogP contribution in [0.2, 0.25) is 0 Å². The SMILES string of the molecule is [Ar].c1ncncn1. The molecule has 1 aromatic heterocycles. The molecule has 38 valence electrons. The van der Waals surface area contributed by atoms with Gasteiger partial charge >= 0.3 is 0 Å². The quantitative estimate of drug-likeness (QED) is 0.480. The molecular formula is C3H3ArN3. The molecule has 4 heteroatoms. The van der Waals surface area contributed by atoms with Crippen molar-refractivity contribution in [3.63, 3.8) is 0 Å². The summed E-state index contributed by atoms with van der Waals surface area (Å²) in [5, 5.41) is 0. The predicted octanol–water partition coefficient (Wildman–Crippen LogP) is -0.128. The van der Waals surface area contributed by atoms with Gasteiger partial charge in [-0.25, -0.2) is 15.0 Å². The first-order chi connectivity index (χ1) is 3.00. The van der Waals surface area contributed by atoms with Crippen LogP contribution in [0.5, 0.6) is 0 Å². The molecule has 0 atom stereocenters. The first-order valence-electron chi connectivity index (χ1n) is 1.55. The van der Waals surface area contributed by atoms with E-state index in [2.05, 4.69) is 15.0 Å². The number of aromatic nitrogens is 3. The fourth-order valence-electron chi connectivity index (χ4n) is 0.205. The molecule has 0 fully saturated rings. The monoisotopic (exact) mass is 121 g/mol. The Bertz CT molecular complexity index is 82.1. The maximum Gasteiger partial charge on any atom is 0.119 e. The van der Waals surface area contributed by atoms with E-state index in [9.17, 15) is 0 Å². The zero-order chi connectivity index (χ0) is 4.24. The molecule has 0 spiro atoms. The van der Waals surface area contributed by atoms with Gasteiger partial charge in [0.05, 0.1) is 0 Å². The van der Waals surface area contributed by atoms with Gasteiger partial charge in [0.2, 0.25) is 0 Å². The van der Waals surface area contributed by atoms with Crippen molar-refractivity contribution in [2.45, 2.75) is 0 Å². The number of hydrogen-bond acceptors (Lipinski definition) is 3. The molecule has 1 aromatic rings. The first-order valence-corrected chi connectivity index (χ1v) is 1.55. The van der Waals surface area contributed by atoms with Crippen LogP contribution in [0.1, 0.15) is 0 Å². The van der Waals surface area contributed by atoms with Gasteiger partial charge in [0, 0.05) is 37.7 Å². The summed E-state index contributed by atoms with van der Waals surface area (Å²) >= 11 is 0. The van der Waals surface area contributed by atoms with Gasteiger partial charge in [-0.15, -0.1) is 0 Å². The van der Waals surface area contributed by atoms with Crippen LogP contribution >= 0.6 is 0 Å². The number of nitrogens with zero attached hydrogens (tertiary/aromatic N) is 3. The Morgan fingerprint density at radius 2 is 1.00 bits per heavy atom. The van der Waals surface area contributed by atoms with E-state index in [0.717, 1.165) is 0 Å². The minimum absolute atomic E-state index is 0. The van der Waals surface area contributed by atoms with Gasteiger partial charge in [-0.1, -0.05) is 0 Å². The van der Waals surface area contributed by atoms with Crippen LogP contribution in [-0.4, -0.2) is 15.0 Å². The van der Waals surface area contributed by atoms with Crippen LogP contribution in [0.25, 0.3) is 0 Å². The molecule has 0 radical (unpaired) electrons. The Balaban J connectivity index is 0.000000360. The summed E-state index contributed by atoms with van der Waals surface area (Å²) < 4.78 is 0. The molecule has 0 aromatic carbocycles. The molecule has 1 rings (SSSR count). The standard InChI is InChI=1S/C3H3N3.Ar/c1-4-2-6-3-5-1;/h1-3H;. The molecule has 3 nitrogen and oxygen atoms in total. The van der Waals surface area contributed by atoms with Crippen LogP contribution in [0.4, 0.5) is 0 Å². The molecule has 0 saturated carbocycles. The zero-order valence-corrected chi connectivity index (χ0v) is 4.13. The second-order valence-corrected chi connectivity index (χ2v) is 0.794. The van der Waals surface area contributed by atoms with Crippen LogP contribution in [0.3, 0.4) is 0 Å². The van der Waals surface area contributed by atoms with Crippen LogP contribution < -0.4 is 0 Å². The van der Waals surface area contributed by atoms with E-state index in [4.69, 9.17) is 0 Å². The maximum atomic E-state index is 3.56. The summed E-state index contributed by atoms with van der Waals surface area (Å²) in [4.78, 5) is 10.7. The van der Waals surface area contributed by atoms with E-state index in [0.29, 0.717) is 0 Å². The summed E-state index contributed by atoms with van der Waals surface area (Å²) in [5.74, 6) is 0. The van der Waals surface area contributed by atoms with Crippen molar-refractivity contribution in [3.8, 4) is 0 Å². The first kappa shape index (κ1) is 7.27. The van der Waals surface area contributed by atoms with Crippen molar-refractivity contribution in [1.29, 1.82) is 0 Å². The molecule has 0 saturated heterocycles. The smallest absolute Gasteiger partial charge is 0.119 e. The van der Waals surface area contributed by atoms with E-state index in [1.165, 1.54) is 19.0 Å². The van der Waals surface area contributed by atoms with Gasteiger partial charge in [0.15, 0.2) is 0 Å². The second kappa shape index (κ2) is 4.43. The van der Waals surface area contributed by atoms with Crippen LogP contribution in [0, 0.1) is 37.7 Å². The number of rotatable bonds is 0. The summed E-state index contributed by atoms with van der Waals surface area (Å²) in [6, 6.07) is 0. The Labute approximate surface area is 71.2 Å². The fourth-order valence-corrected chi connectivity index (χ4v) is 0.205. The van der Waals surface area contributed by atoms with Crippen LogP contribution in [0.15, 0.2) is 19.0 Å². The van der Waals surface area contributed by atoms with Gasteiger partial charge in [0.25, 0.3) is 0 Å². The molecule has 1 heterocycles. The molecular weight excluding hydrogens is 118 g/mol. The van der Waals surface area contributed by atoms with E-state index < -0.39 is 0 Å². The van der Waals surface area contributed by atoms with Gasteiger partial charge in [0.1, 0.15) is 19.0 Å². The summed E-state index contributed by atoms with van der Waals surface area (Å²) in [6.07, 6.45) is 4.31. The average molecular weight is 121 g/mol. The van der Waals surface area contributed by atoms with E-state index in [1.807, 2.05) is 0 Å². The molecule has 0 aliphatic rings. The predicted molar refractivity (Wildman–Crippen MR) is 19.8 cm³/mol. The Hall–Kier alpha value is 0.270. The van der Waals surface area contributed by atoms with Crippen molar-refractivity contribution in [2.24, 2.45) is 0 Å². The van der Waals surface area contributed by atoms with Crippen molar-refractivity contribution in [2.75, 3.05) is 0 Å². The van der Waals surface area contributed by atoms with Gasteiger partial charge in [-0.3, -0.25) is 0 Å². The Kier molecular flexibility index (Phi) is 4.60. The summed E-state index contributed by atoms with van der Waals surface area (Å²) in [5.41, 5.74) is 0. The number of hydrogen-bond donors (Lipinski definition) is 0. The largest absolute Gasteiger partial charge is 0.225 e. The molecule has 0 aliphatic heterocycles. The van der Waals surface area contributed by atoms with Crippen molar-refractivity contribution in [1.82, 2.24) is 15.0 Å². The summed E-state index contributed by atoms with van der Waals surface area (Å²) in [7, 11) is 0. The molecule has 7 heavy (non-hydrogen) atoms. The molecule has 0 unspecified atom stereocenters. The van der Waals surface area contributed by atoms with Gasteiger partial charge in [-0.2, -0.15) is 0 Å². The Morgan fingerprint density at radius 3 is 1.14 bits per heavy atom. The molecule has 0 amide bonds. The van der Waals surface area contributed by atoms with E-state index in [1.54, 1.807) is 0 Å². The summed E-state index contributed by atoms with van der Waals surface area (Å²) in [6.45, 7) is 0. The van der Waals surface area contributed by atoms with E-state index >= 15 is 0 Å². The van der Waals surface area contributed by atoms with Crippen molar-refractivity contribution in [3.05, 3.63) is 19.0 Å². The van der Waals surface area contributed by atoms with E-state index in [-0.39, 0.29) is 37.7 Å². The third-order valence-electron chi connectivity index (χ3n) is 0.400. The fraction of sp³-hybridized carbons (Fsp3) is 0. The Morgan fingerprint density at radius 1 is 0.714 bits per heavy atom. The average Bonchev–Trinajstić information content (AvgIpc) is 1.72. The minimum Gasteiger partial charge on any atom is -0.225 e. The third kappa shape index (κ3) is 2.91. The normalized spacial score (nSPS) is 6.86. The van der Waals surface area contributed by atoms with Crippen molar-refractivity contribution < 1.29 is 37.7 Å². The van der Waals surface area contributed by atoms with Gasteiger partial charge < -0.3 is 0 Å². The minimum atomic E-state index is 0.